The first-order valence-electron chi connectivity index (χ1n) is 5.34. The van der Waals surface area contributed by atoms with E-state index in [1.807, 2.05) is 0 Å². The van der Waals surface area contributed by atoms with Crippen LogP contribution < -0.4 is 0 Å². The predicted octanol–water partition coefficient (Wildman–Crippen LogP) is 1.84. The summed E-state index contributed by atoms with van der Waals surface area (Å²) in [6.45, 7) is 10.5. The van der Waals surface area contributed by atoms with Crippen molar-refractivity contribution in [3.8, 4) is 0 Å². The summed E-state index contributed by atoms with van der Waals surface area (Å²) in [7, 11) is 0. The third-order valence-corrected chi connectivity index (χ3v) is 7.70. The van der Waals surface area contributed by atoms with Crippen molar-refractivity contribution >= 4 is 19.2 Å². The molecule has 0 bridgehead atoms. The molecule has 3 nitrogen and oxygen atoms in total. The minimum absolute atomic E-state index is 0.226. The van der Waals surface area contributed by atoms with Gasteiger partial charge in [-0.3, -0.25) is 0 Å². The van der Waals surface area contributed by atoms with E-state index in [0.29, 0.717) is 0 Å². The van der Waals surface area contributed by atoms with Gasteiger partial charge in [-0.1, -0.05) is 0 Å². The third-order valence-electron chi connectivity index (χ3n) is 2.57. The van der Waals surface area contributed by atoms with Crippen molar-refractivity contribution in [3.63, 3.8) is 0 Å². The number of nitrogens with zero attached hydrogens (tertiary/aromatic N) is 1. The Balaban J connectivity index is 2.49. The van der Waals surface area contributed by atoms with Crippen molar-refractivity contribution in [3.05, 3.63) is 0 Å². The maximum atomic E-state index is 5.84. The zero-order valence-electron chi connectivity index (χ0n) is 10.1. The Bertz CT molecular complexity index is 177. The van der Waals surface area contributed by atoms with Crippen LogP contribution in [0.3, 0.4) is 0 Å². The van der Waals surface area contributed by atoms with Crippen molar-refractivity contribution in [2.75, 3.05) is 26.3 Å². The second-order valence-corrected chi connectivity index (χ2v) is 14.9. The minimum atomic E-state index is -2.49. The van der Waals surface area contributed by atoms with E-state index >= 15 is 0 Å². The quantitative estimate of drug-likeness (QED) is 0.637. The molecule has 0 spiro atoms. The molecule has 0 atom stereocenters. The van der Waals surface area contributed by atoms with Crippen LogP contribution in [0.4, 0.5) is 0 Å². The molecule has 0 amide bonds. The van der Waals surface area contributed by atoms with Crippen LogP contribution >= 0.6 is 0 Å². The van der Waals surface area contributed by atoms with E-state index in [9.17, 15) is 0 Å². The van der Waals surface area contributed by atoms with Gasteiger partial charge >= 0.3 is 92.7 Å². The summed E-state index contributed by atoms with van der Waals surface area (Å²) in [6.07, 6.45) is 0. The molecule has 1 heterocycles. The van der Waals surface area contributed by atoms with Crippen LogP contribution in [0.1, 0.15) is 20.8 Å². The number of hydrogen-bond donors (Lipinski definition) is 0. The van der Waals surface area contributed by atoms with Crippen molar-refractivity contribution in [1.82, 2.24) is 4.90 Å². The molecule has 1 fully saturated rings. The van der Waals surface area contributed by atoms with Crippen LogP contribution in [-0.4, -0.2) is 55.9 Å². The van der Waals surface area contributed by atoms with Gasteiger partial charge in [0.2, 0.25) is 0 Å². The molecule has 1 aliphatic heterocycles. The van der Waals surface area contributed by atoms with Crippen LogP contribution in [0.15, 0.2) is 0 Å². The molecule has 0 unspecified atom stereocenters. The van der Waals surface area contributed by atoms with E-state index in [4.69, 9.17) is 6.15 Å². The summed E-state index contributed by atoms with van der Waals surface area (Å²) in [6, 6.07) is 0. The zero-order chi connectivity index (χ0) is 10.8. The number of rotatable bonds is 0. The molecule has 0 aromatic carbocycles. The topological polar surface area (TPSA) is 21.7 Å². The van der Waals surface area contributed by atoms with Crippen molar-refractivity contribution in [1.29, 1.82) is 0 Å². The summed E-state index contributed by atoms with van der Waals surface area (Å²) in [5.41, 5.74) is 0.226. The van der Waals surface area contributed by atoms with E-state index in [1.54, 1.807) is 0 Å². The summed E-state index contributed by atoms with van der Waals surface area (Å²) in [5.74, 6) is 0. The molecule has 0 N–H and O–H groups in total. The summed E-state index contributed by atoms with van der Waals surface area (Å²) in [4.78, 5) is 6.79. The Kier molecular flexibility index (Phi) is 4.26. The van der Waals surface area contributed by atoms with E-state index in [0.717, 1.165) is 26.3 Å². The first-order valence-corrected chi connectivity index (χ1v) is 13.4. The van der Waals surface area contributed by atoms with Gasteiger partial charge in [0.25, 0.3) is 0 Å². The Morgan fingerprint density at radius 1 is 1.00 bits per heavy atom. The van der Waals surface area contributed by atoms with Gasteiger partial charge in [-0.05, 0) is 0 Å². The average molecular weight is 308 g/mol. The van der Waals surface area contributed by atoms with Gasteiger partial charge in [-0.25, -0.2) is 0 Å². The van der Waals surface area contributed by atoms with Crippen LogP contribution in [0.25, 0.3) is 0 Å². The number of hydrogen-bond acceptors (Lipinski definition) is 3. The maximum absolute atomic E-state index is 5.84. The van der Waals surface area contributed by atoms with E-state index in [-0.39, 0.29) is 5.54 Å². The molecular formula is C10H23NO2Sn. The van der Waals surface area contributed by atoms with Gasteiger partial charge in [-0.15, -0.1) is 0 Å². The Hall–Kier alpha value is 0.679. The molecule has 1 aliphatic rings. The molecule has 0 radical (unpaired) electrons. The van der Waals surface area contributed by atoms with Gasteiger partial charge in [0.1, 0.15) is 0 Å². The molecule has 0 aromatic heterocycles. The Morgan fingerprint density at radius 2 is 1.43 bits per heavy atom. The second kappa shape index (κ2) is 4.68. The first kappa shape index (κ1) is 12.7. The molecule has 0 aromatic rings. The van der Waals surface area contributed by atoms with Gasteiger partial charge in [0.05, 0.1) is 0 Å². The Labute approximate surface area is 92.7 Å². The van der Waals surface area contributed by atoms with Crippen molar-refractivity contribution in [2.24, 2.45) is 0 Å². The van der Waals surface area contributed by atoms with Crippen molar-refractivity contribution < 1.29 is 6.15 Å². The fourth-order valence-corrected chi connectivity index (χ4v) is 5.19. The van der Waals surface area contributed by atoms with Gasteiger partial charge in [0, 0.05) is 0 Å². The second-order valence-electron chi connectivity index (χ2n) is 5.25. The standard InChI is InChI=1S/C8H17NO2.2CH3.Sn/c1-8(2,3)9(4-6-10)5-7-11;;;/h4-7H2,1-3H3;2*1H3;/q-2;;;+2. The monoisotopic (exact) mass is 309 g/mol. The average Bonchev–Trinajstić information content (AvgIpc) is 1.95. The zero-order valence-corrected chi connectivity index (χ0v) is 12.9. The molecule has 1 rings (SSSR count). The fourth-order valence-electron chi connectivity index (χ4n) is 1.63. The molecule has 0 aliphatic carbocycles. The van der Waals surface area contributed by atoms with Crippen LogP contribution in [-0.2, 0) is 6.15 Å². The molecule has 14 heavy (non-hydrogen) atoms. The van der Waals surface area contributed by atoms with Crippen LogP contribution in [0, 0.1) is 0 Å². The van der Waals surface area contributed by atoms with Gasteiger partial charge in [0.15, 0.2) is 0 Å². The first-order chi connectivity index (χ1) is 6.31. The summed E-state index contributed by atoms with van der Waals surface area (Å²) < 4.78 is 11.7. The SMILES string of the molecule is CC(C)(C)N1CC[O][Sn]([CH3])([CH3])[O]CC1. The normalized spacial score (nSPS) is 25.5. The molecule has 1 saturated heterocycles. The summed E-state index contributed by atoms with van der Waals surface area (Å²) in [5, 5.41) is 0. The van der Waals surface area contributed by atoms with E-state index < -0.39 is 19.2 Å². The molecule has 4 heteroatoms. The Morgan fingerprint density at radius 3 is 1.79 bits per heavy atom. The van der Waals surface area contributed by atoms with E-state index in [2.05, 4.69) is 35.6 Å². The fraction of sp³-hybridized carbons (Fsp3) is 1.00. The van der Waals surface area contributed by atoms with Crippen molar-refractivity contribution in [2.45, 2.75) is 36.2 Å². The molecule has 84 valence electrons. The van der Waals surface area contributed by atoms with E-state index in [1.165, 1.54) is 0 Å². The van der Waals surface area contributed by atoms with Gasteiger partial charge in [-0.2, -0.15) is 0 Å². The molecular weight excluding hydrogens is 285 g/mol. The molecule has 0 saturated carbocycles. The van der Waals surface area contributed by atoms with Crippen LogP contribution in [0.2, 0.25) is 9.88 Å². The van der Waals surface area contributed by atoms with Crippen LogP contribution in [0.5, 0.6) is 0 Å². The predicted molar refractivity (Wildman–Crippen MR) is 60.7 cm³/mol. The summed E-state index contributed by atoms with van der Waals surface area (Å²) >= 11 is -2.49. The van der Waals surface area contributed by atoms with Gasteiger partial charge < -0.3 is 0 Å². The third kappa shape index (κ3) is 4.04.